The van der Waals surface area contributed by atoms with Crippen LogP contribution in [0.4, 0.5) is 0 Å². The van der Waals surface area contributed by atoms with Crippen molar-refractivity contribution in [1.82, 2.24) is 0 Å². The van der Waals surface area contributed by atoms with Crippen LogP contribution in [0.2, 0.25) is 0 Å². The molecular weight excluding hydrogens is 293 g/mol. The van der Waals surface area contributed by atoms with Crippen molar-refractivity contribution in [1.29, 1.82) is 5.26 Å². The van der Waals surface area contributed by atoms with Crippen LogP contribution < -0.4 is 0 Å². The molecule has 0 radical (unpaired) electrons. The lowest BCUT2D eigenvalue weighted by atomic mass is 10.6. The van der Waals surface area contributed by atoms with Gasteiger partial charge in [-0.05, 0) is 0 Å². The summed E-state index contributed by atoms with van der Waals surface area (Å²) in [6, 6.07) is 0. The van der Waals surface area contributed by atoms with E-state index in [4.69, 9.17) is 10.4 Å². The standard InChI is InChI=1S/C4H2O3.C3H6NO3P.C3H4O2/c5-3-1-2-4(6)7-3;1-6-8(5,3-4)7-2;1-2-3(4)5/h1-2H;1-2H3;2H,1H2,(H,4,5). The van der Waals surface area contributed by atoms with Crippen LogP contribution >= 0.6 is 7.60 Å². The van der Waals surface area contributed by atoms with E-state index in [-0.39, 0.29) is 0 Å². The molecule has 1 rings (SSSR count). The monoisotopic (exact) mass is 305 g/mol. The molecule has 0 aliphatic carbocycles. The van der Waals surface area contributed by atoms with Crippen molar-refractivity contribution < 1.29 is 37.8 Å². The minimum atomic E-state index is -3.36. The van der Waals surface area contributed by atoms with Crippen molar-refractivity contribution in [3.63, 3.8) is 0 Å². The second-order valence-electron chi connectivity index (χ2n) is 2.58. The minimum absolute atomic E-state index is 0.579. The fraction of sp³-hybridized carbons (Fsp3) is 0.200. The fourth-order valence-electron chi connectivity index (χ4n) is 0.459. The van der Waals surface area contributed by atoms with Crippen LogP contribution in [-0.2, 0) is 32.7 Å². The van der Waals surface area contributed by atoms with Gasteiger partial charge >= 0.3 is 25.5 Å². The van der Waals surface area contributed by atoms with E-state index in [0.717, 1.165) is 32.4 Å². The summed E-state index contributed by atoms with van der Waals surface area (Å²) >= 11 is 0. The van der Waals surface area contributed by atoms with Crippen LogP contribution in [0.3, 0.4) is 0 Å². The second kappa shape index (κ2) is 10.6. The first-order valence-electron chi connectivity index (χ1n) is 4.66. The van der Waals surface area contributed by atoms with Crippen LogP contribution in [0.25, 0.3) is 0 Å². The first-order valence-corrected chi connectivity index (χ1v) is 6.21. The number of carboxylic acids is 1. The molecule has 1 heterocycles. The first kappa shape index (κ1) is 20.1. The highest BCUT2D eigenvalue weighted by atomic mass is 31.2. The van der Waals surface area contributed by atoms with Crippen molar-refractivity contribution >= 4 is 25.5 Å². The van der Waals surface area contributed by atoms with Crippen LogP contribution in [0.15, 0.2) is 24.8 Å². The molecule has 20 heavy (non-hydrogen) atoms. The number of carboxylic acid groups (broad SMARTS) is 1. The molecule has 0 saturated carbocycles. The fourth-order valence-corrected chi connectivity index (χ4v) is 0.772. The van der Waals surface area contributed by atoms with E-state index in [1.165, 1.54) is 5.81 Å². The van der Waals surface area contributed by atoms with E-state index in [2.05, 4.69) is 20.4 Å². The molecule has 1 aliphatic heterocycles. The van der Waals surface area contributed by atoms with Crippen LogP contribution in [0.5, 0.6) is 0 Å². The number of rotatable bonds is 3. The third-order valence-corrected chi connectivity index (χ3v) is 2.54. The van der Waals surface area contributed by atoms with E-state index in [9.17, 15) is 18.9 Å². The number of esters is 2. The van der Waals surface area contributed by atoms with Crippen molar-refractivity contribution in [3.8, 4) is 5.81 Å². The van der Waals surface area contributed by atoms with Gasteiger partial charge in [0.15, 0.2) is 5.81 Å². The summed E-state index contributed by atoms with van der Waals surface area (Å²) in [5.74, 6) is -0.750. The number of hydrogen-bond donors (Lipinski definition) is 1. The number of hydrogen-bond acceptors (Lipinski definition) is 8. The average Bonchev–Trinajstić information content (AvgIpc) is 2.82. The molecule has 110 valence electrons. The van der Waals surface area contributed by atoms with Crippen LogP contribution in [0.1, 0.15) is 0 Å². The highest BCUT2D eigenvalue weighted by Crippen LogP contribution is 2.44. The van der Waals surface area contributed by atoms with Gasteiger partial charge in [-0.25, -0.2) is 18.9 Å². The molecule has 1 aliphatic rings. The van der Waals surface area contributed by atoms with Crippen molar-refractivity contribution in [3.05, 3.63) is 24.8 Å². The molecule has 0 spiro atoms. The maximum Gasteiger partial charge on any atom is 0.430 e. The molecule has 9 nitrogen and oxygen atoms in total. The highest BCUT2D eigenvalue weighted by molar-refractivity contribution is 7.59. The maximum absolute atomic E-state index is 10.5. The molecule has 0 saturated heterocycles. The largest absolute Gasteiger partial charge is 0.478 e. The number of carbonyl (C=O) groups is 3. The topological polar surface area (TPSA) is 140 Å². The number of ether oxygens (including phenoxy) is 1. The summed E-state index contributed by atoms with van der Waals surface area (Å²) < 4.78 is 22.9. The smallest absolute Gasteiger partial charge is 0.430 e. The number of nitriles is 1. The van der Waals surface area contributed by atoms with E-state index in [1.807, 2.05) is 0 Å². The first-order chi connectivity index (χ1) is 9.24. The Kier molecular flexibility index (Phi) is 10.7. The molecule has 0 aromatic heterocycles. The molecule has 10 heteroatoms. The van der Waals surface area contributed by atoms with E-state index in [0.29, 0.717) is 0 Å². The molecule has 0 atom stereocenters. The molecule has 0 aromatic rings. The Hall–Kier alpha value is -2.27. The molecule has 0 fully saturated rings. The summed E-state index contributed by atoms with van der Waals surface area (Å²) in [6.07, 6.45) is 3.00. The number of nitrogens with zero attached hydrogens (tertiary/aromatic N) is 1. The van der Waals surface area contributed by atoms with Gasteiger partial charge in [-0.2, -0.15) is 5.26 Å². The lowest BCUT2D eigenvalue weighted by Crippen LogP contribution is -1.96. The Morgan fingerprint density at radius 3 is 1.80 bits per heavy atom. The summed E-state index contributed by atoms with van der Waals surface area (Å²) in [6.45, 7) is 2.96. The van der Waals surface area contributed by atoms with E-state index in [1.54, 1.807) is 0 Å². The Bertz CT molecular complexity index is 466. The highest BCUT2D eigenvalue weighted by Gasteiger charge is 2.18. The Balaban J connectivity index is 0. The molecule has 0 bridgehead atoms. The summed E-state index contributed by atoms with van der Waals surface area (Å²) in [7, 11) is -1.04. The predicted octanol–water partition coefficient (Wildman–Crippen LogP) is 0.836. The van der Waals surface area contributed by atoms with Gasteiger partial charge in [-0.3, -0.25) is 0 Å². The van der Waals surface area contributed by atoms with Gasteiger partial charge in [0.2, 0.25) is 0 Å². The molecule has 1 N–H and O–H groups in total. The van der Waals surface area contributed by atoms with Crippen molar-refractivity contribution in [2.45, 2.75) is 0 Å². The Morgan fingerprint density at radius 1 is 1.40 bits per heavy atom. The van der Waals surface area contributed by atoms with Gasteiger partial charge < -0.3 is 18.9 Å². The predicted molar refractivity (Wildman–Crippen MR) is 65.3 cm³/mol. The summed E-state index contributed by atoms with van der Waals surface area (Å²) in [5, 5.41) is 15.6. The quantitative estimate of drug-likeness (QED) is 0.347. The SMILES string of the molecule is C=CC(=O)O.COP(=O)(C#N)OC.O=C1C=CC(=O)O1. The minimum Gasteiger partial charge on any atom is -0.478 e. The second-order valence-corrected chi connectivity index (χ2v) is 4.50. The lowest BCUT2D eigenvalue weighted by molar-refractivity contribution is -0.150. The third kappa shape index (κ3) is 10.9. The van der Waals surface area contributed by atoms with E-state index >= 15 is 0 Å². The van der Waals surface area contributed by atoms with E-state index < -0.39 is 25.5 Å². The molecule has 0 amide bonds. The van der Waals surface area contributed by atoms with Gasteiger partial charge in [0.1, 0.15) is 0 Å². The average molecular weight is 305 g/mol. The number of aliphatic carboxylic acids is 1. The van der Waals surface area contributed by atoms with Gasteiger partial charge in [0.25, 0.3) is 0 Å². The van der Waals surface area contributed by atoms with Gasteiger partial charge in [-0.1, -0.05) is 6.58 Å². The zero-order valence-corrected chi connectivity index (χ0v) is 11.5. The molecule has 0 unspecified atom stereocenters. The molecule has 0 aromatic carbocycles. The van der Waals surface area contributed by atoms with Crippen molar-refractivity contribution in [2.24, 2.45) is 0 Å². The summed E-state index contributed by atoms with van der Waals surface area (Å²) in [4.78, 5) is 29.1. The Labute approximate surface area is 114 Å². The number of carbonyl (C=O) groups excluding carboxylic acids is 2. The third-order valence-electron chi connectivity index (χ3n) is 1.33. The van der Waals surface area contributed by atoms with Gasteiger partial charge in [0.05, 0.1) is 0 Å². The van der Waals surface area contributed by atoms with Crippen LogP contribution in [-0.4, -0.2) is 37.2 Å². The van der Waals surface area contributed by atoms with Crippen molar-refractivity contribution in [2.75, 3.05) is 14.2 Å². The van der Waals surface area contributed by atoms with Gasteiger partial charge in [0, 0.05) is 32.4 Å². The van der Waals surface area contributed by atoms with Crippen LogP contribution in [0, 0.1) is 11.1 Å². The zero-order valence-electron chi connectivity index (χ0n) is 10.6. The molecular formula is C10H12NO8P. The summed E-state index contributed by atoms with van der Waals surface area (Å²) in [5.41, 5.74) is 0. The Morgan fingerprint density at radius 2 is 1.75 bits per heavy atom. The van der Waals surface area contributed by atoms with Gasteiger partial charge in [-0.15, -0.1) is 0 Å². The lowest BCUT2D eigenvalue weighted by Gasteiger charge is -2.00. The normalized spacial score (nSPS) is 12.1. The number of cyclic esters (lactones) is 2. The zero-order chi connectivity index (χ0) is 16.2. The maximum atomic E-state index is 10.5.